The molecule has 172 valence electrons. The maximum absolute atomic E-state index is 14.2. The molecule has 1 aromatic rings. The molecule has 9 heteroatoms. The monoisotopic (exact) mass is 443 g/mol. The van der Waals surface area contributed by atoms with Crippen LogP contribution in [0.3, 0.4) is 0 Å². The summed E-state index contributed by atoms with van der Waals surface area (Å²) in [6, 6.07) is 7.12. The standard InChI is InChI=1S/C23H30FN5O3/c24-23-11-22(12-23,13-23)19(30)29(16-3-1-2-15(10-16)17(25)27-31)14-20-4-7-21(8-5-20,9-6-20)18(26)28-32/h1-3,10,31-32H,4-9,11-14H2,(H2,25,27)(H2,26,28). The van der Waals surface area contributed by atoms with Gasteiger partial charge in [0, 0.05) is 23.2 Å². The van der Waals surface area contributed by atoms with E-state index in [9.17, 15) is 14.4 Å². The Morgan fingerprint density at radius 2 is 1.62 bits per heavy atom. The number of nitrogens with two attached hydrogens (primary N) is 2. The van der Waals surface area contributed by atoms with Crippen LogP contribution in [0.4, 0.5) is 10.1 Å². The number of hydrogen-bond donors (Lipinski definition) is 4. The second kappa shape index (κ2) is 6.83. The van der Waals surface area contributed by atoms with Crippen LogP contribution in [0.15, 0.2) is 34.6 Å². The summed E-state index contributed by atoms with van der Waals surface area (Å²) in [5, 5.41) is 24.7. The van der Waals surface area contributed by atoms with Crippen LogP contribution >= 0.6 is 0 Å². The van der Waals surface area contributed by atoms with Gasteiger partial charge in [0.25, 0.3) is 0 Å². The Balaban J connectivity index is 1.44. The Bertz CT molecular complexity index is 978. The molecule has 6 aliphatic carbocycles. The Kier molecular flexibility index (Phi) is 4.49. The van der Waals surface area contributed by atoms with Gasteiger partial charge < -0.3 is 26.8 Å². The molecule has 0 aliphatic heterocycles. The predicted molar refractivity (Wildman–Crippen MR) is 117 cm³/mol. The van der Waals surface area contributed by atoms with Crippen LogP contribution in [0.25, 0.3) is 0 Å². The summed E-state index contributed by atoms with van der Waals surface area (Å²) in [4.78, 5) is 15.5. The number of alkyl halides is 1. The lowest BCUT2D eigenvalue weighted by atomic mass is 9.41. The zero-order chi connectivity index (χ0) is 22.8. The van der Waals surface area contributed by atoms with E-state index < -0.39 is 11.1 Å². The molecule has 6 saturated carbocycles. The summed E-state index contributed by atoms with van der Waals surface area (Å²) >= 11 is 0. The lowest BCUT2D eigenvalue weighted by Gasteiger charge is -2.65. The fourth-order valence-corrected chi connectivity index (χ4v) is 6.67. The van der Waals surface area contributed by atoms with Gasteiger partial charge >= 0.3 is 0 Å². The second-order valence-corrected chi connectivity index (χ2v) is 10.7. The van der Waals surface area contributed by atoms with Crippen LogP contribution in [0.1, 0.15) is 63.4 Å². The molecule has 0 heterocycles. The van der Waals surface area contributed by atoms with Crippen LogP contribution in [-0.4, -0.2) is 40.2 Å². The molecule has 6 aliphatic rings. The van der Waals surface area contributed by atoms with E-state index in [0.29, 0.717) is 42.9 Å². The van der Waals surface area contributed by atoms with Gasteiger partial charge in [0.2, 0.25) is 5.91 Å². The predicted octanol–water partition coefficient (Wildman–Crippen LogP) is 3.09. The minimum absolute atomic E-state index is 0.0236. The molecule has 0 unspecified atom stereocenters. The number of rotatable bonds is 6. The molecule has 1 amide bonds. The number of carbonyl (C=O) groups excluding carboxylic acids is 1. The van der Waals surface area contributed by atoms with Crippen molar-refractivity contribution in [2.24, 2.45) is 38.0 Å². The number of amidine groups is 2. The van der Waals surface area contributed by atoms with Crippen molar-refractivity contribution >= 4 is 23.3 Å². The summed E-state index contributed by atoms with van der Waals surface area (Å²) in [5.41, 5.74) is 11.0. The first-order chi connectivity index (χ1) is 15.2. The molecular formula is C23H30FN5O3. The van der Waals surface area contributed by atoms with Crippen molar-refractivity contribution in [1.29, 1.82) is 0 Å². The summed E-state index contributed by atoms with van der Waals surface area (Å²) in [5.74, 6) is 0.263. The maximum Gasteiger partial charge on any atom is 0.233 e. The van der Waals surface area contributed by atoms with E-state index in [0.717, 1.165) is 38.5 Å². The number of carbonyl (C=O) groups is 1. The summed E-state index contributed by atoms with van der Waals surface area (Å²) in [6.07, 6.45) is 6.03. The fraction of sp³-hybridized carbons (Fsp3) is 0.609. The number of amides is 1. The smallest absolute Gasteiger partial charge is 0.233 e. The van der Waals surface area contributed by atoms with E-state index in [1.54, 1.807) is 18.2 Å². The Labute approximate surface area is 186 Å². The maximum atomic E-state index is 14.2. The van der Waals surface area contributed by atoms with Gasteiger partial charge in [-0.2, -0.15) is 0 Å². The van der Waals surface area contributed by atoms with E-state index >= 15 is 0 Å². The molecule has 1 aromatic carbocycles. The van der Waals surface area contributed by atoms with Crippen molar-refractivity contribution in [1.82, 2.24) is 0 Å². The summed E-state index contributed by atoms with van der Waals surface area (Å²) in [7, 11) is 0. The van der Waals surface area contributed by atoms with Crippen molar-refractivity contribution in [2.75, 3.05) is 11.4 Å². The van der Waals surface area contributed by atoms with Gasteiger partial charge in [-0.15, -0.1) is 0 Å². The zero-order valence-corrected chi connectivity index (χ0v) is 18.1. The molecule has 32 heavy (non-hydrogen) atoms. The third kappa shape index (κ3) is 2.97. The lowest BCUT2D eigenvalue weighted by Crippen LogP contribution is -2.71. The molecule has 0 saturated heterocycles. The number of hydrogen-bond acceptors (Lipinski definition) is 5. The molecular weight excluding hydrogens is 413 g/mol. The molecule has 7 rings (SSSR count). The van der Waals surface area contributed by atoms with Crippen LogP contribution in [0.5, 0.6) is 0 Å². The highest BCUT2D eigenvalue weighted by atomic mass is 19.1. The second-order valence-electron chi connectivity index (χ2n) is 10.7. The third-order valence-electron chi connectivity index (χ3n) is 8.77. The van der Waals surface area contributed by atoms with E-state index in [1.807, 2.05) is 11.0 Å². The minimum atomic E-state index is -1.16. The molecule has 6 N–H and O–H groups in total. The Morgan fingerprint density at radius 3 is 2.16 bits per heavy atom. The summed E-state index contributed by atoms with van der Waals surface area (Å²) in [6.45, 7) is 0.540. The van der Waals surface area contributed by atoms with Gasteiger partial charge in [-0.1, -0.05) is 22.4 Å². The molecule has 6 fully saturated rings. The topological polar surface area (TPSA) is 138 Å². The Morgan fingerprint density at radius 1 is 1.00 bits per heavy atom. The number of oxime groups is 2. The highest BCUT2D eigenvalue weighted by Crippen LogP contribution is 2.70. The van der Waals surface area contributed by atoms with Crippen LogP contribution < -0.4 is 16.4 Å². The average molecular weight is 444 g/mol. The van der Waals surface area contributed by atoms with Gasteiger partial charge in [-0.3, -0.25) is 4.79 Å². The van der Waals surface area contributed by atoms with Gasteiger partial charge in [-0.25, -0.2) is 4.39 Å². The van der Waals surface area contributed by atoms with Crippen molar-refractivity contribution in [2.45, 2.75) is 63.5 Å². The van der Waals surface area contributed by atoms with E-state index in [4.69, 9.17) is 16.7 Å². The molecule has 8 nitrogen and oxygen atoms in total. The van der Waals surface area contributed by atoms with Gasteiger partial charge in [-0.05, 0) is 75.3 Å². The quantitative estimate of drug-likeness (QED) is 0.232. The first-order valence-electron chi connectivity index (χ1n) is 11.2. The number of benzene rings is 1. The molecule has 0 aromatic heterocycles. The number of halogens is 1. The van der Waals surface area contributed by atoms with Gasteiger partial charge in [0.05, 0.1) is 5.41 Å². The van der Waals surface area contributed by atoms with Gasteiger partial charge in [0.15, 0.2) is 5.84 Å². The Hall–Kier alpha value is -2.84. The highest BCUT2D eigenvalue weighted by molar-refractivity contribution is 6.02. The number of fused-ring (bicyclic) bond motifs is 3. The van der Waals surface area contributed by atoms with E-state index in [1.165, 1.54) is 0 Å². The van der Waals surface area contributed by atoms with Crippen LogP contribution in [0.2, 0.25) is 0 Å². The first-order valence-corrected chi connectivity index (χ1v) is 11.2. The van der Waals surface area contributed by atoms with E-state index in [-0.39, 0.29) is 22.6 Å². The van der Waals surface area contributed by atoms with Crippen molar-refractivity contribution < 1.29 is 19.6 Å². The fourth-order valence-electron chi connectivity index (χ4n) is 6.67. The molecule has 4 bridgehead atoms. The lowest BCUT2D eigenvalue weighted by molar-refractivity contribution is -0.211. The highest BCUT2D eigenvalue weighted by Gasteiger charge is 2.73. The average Bonchev–Trinajstić information content (AvgIpc) is 2.79. The zero-order valence-electron chi connectivity index (χ0n) is 18.1. The SMILES string of the molecule is N/C(=N\O)c1cccc(N(CC23CCC(/C(N)=N/O)(CC2)CC3)C(=O)C23CC(F)(C2)C3)c1. The molecule has 0 spiro atoms. The van der Waals surface area contributed by atoms with Crippen LogP contribution in [-0.2, 0) is 4.79 Å². The normalized spacial score (nSPS) is 38.0. The number of anilines is 1. The minimum Gasteiger partial charge on any atom is -0.409 e. The third-order valence-corrected chi connectivity index (χ3v) is 8.77. The van der Waals surface area contributed by atoms with E-state index in [2.05, 4.69) is 10.3 Å². The summed E-state index contributed by atoms with van der Waals surface area (Å²) < 4.78 is 14.2. The van der Waals surface area contributed by atoms with Crippen molar-refractivity contribution in [3.63, 3.8) is 0 Å². The van der Waals surface area contributed by atoms with Gasteiger partial charge in [0.1, 0.15) is 11.5 Å². The molecule has 0 atom stereocenters. The molecule has 0 radical (unpaired) electrons. The number of nitrogens with zero attached hydrogens (tertiary/aromatic N) is 3. The van der Waals surface area contributed by atoms with Crippen molar-refractivity contribution in [3.8, 4) is 0 Å². The van der Waals surface area contributed by atoms with Crippen LogP contribution in [0, 0.1) is 16.2 Å². The largest absolute Gasteiger partial charge is 0.409 e. The van der Waals surface area contributed by atoms with Crippen molar-refractivity contribution in [3.05, 3.63) is 29.8 Å². The first kappa shape index (κ1) is 21.0.